The van der Waals surface area contributed by atoms with Gasteiger partial charge in [-0.2, -0.15) is 5.10 Å². The molecule has 0 unspecified atom stereocenters. The van der Waals surface area contributed by atoms with E-state index in [0.717, 1.165) is 16.8 Å². The first kappa shape index (κ1) is 17.4. The van der Waals surface area contributed by atoms with Gasteiger partial charge in [-0.1, -0.05) is 18.2 Å². The van der Waals surface area contributed by atoms with Crippen LogP contribution in [0.5, 0.6) is 0 Å². The Labute approximate surface area is 151 Å². The van der Waals surface area contributed by atoms with Crippen molar-refractivity contribution in [3.05, 3.63) is 76.1 Å². The number of urea groups is 1. The fourth-order valence-corrected chi connectivity index (χ4v) is 2.49. The van der Waals surface area contributed by atoms with E-state index in [2.05, 4.69) is 15.7 Å². The number of hydrogen-bond donors (Lipinski definition) is 2. The molecular weight excluding hydrogens is 328 g/mol. The average Bonchev–Trinajstić information content (AvgIpc) is 2.61. The Hall–Kier alpha value is -3.41. The zero-order valence-electron chi connectivity index (χ0n) is 14.9. The summed E-state index contributed by atoms with van der Waals surface area (Å²) in [7, 11) is 1.61. The quantitative estimate of drug-likeness (QED) is 0.757. The molecule has 0 aliphatic carbocycles. The summed E-state index contributed by atoms with van der Waals surface area (Å²) in [5.74, 6) is 0. The highest BCUT2D eigenvalue weighted by atomic mass is 16.2. The van der Waals surface area contributed by atoms with Crippen LogP contribution in [0, 0.1) is 13.8 Å². The van der Waals surface area contributed by atoms with Crippen molar-refractivity contribution in [1.29, 1.82) is 0 Å². The van der Waals surface area contributed by atoms with E-state index in [0.29, 0.717) is 11.4 Å². The highest BCUT2D eigenvalue weighted by Crippen LogP contribution is 2.19. The van der Waals surface area contributed by atoms with Crippen molar-refractivity contribution in [2.75, 3.05) is 10.6 Å². The van der Waals surface area contributed by atoms with E-state index in [1.165, 1.54) is 16.3 Å². The number of carbonyl (C=O) groups is 1. The van der Waals surface area contributed by atoms with Crippen LogP contribution in [0.1, 0.15) is 11.1 Å². The summed E-state index contributed by atoms with van der Waals surface area (Å²) in [4.78, 5) is 23.6. The van der Waals surface area contributed by atoms with Crippen LogP contribution in [0.4, 0.5) is 16.2 Å². The minimum atomic E-state index is -0.304. The predicted molar refractivity (Wildman–Crippen MR) is 103 cm³/mol. The molecule has 132 valence electrons. The second-order valence-electron chi connectivity index (χ2n) is 6.14. The van der Waals surface area contributed by atoms with Gasteiger partial charge in [-0.05, 0) is 55.3 Å². The number of aromatic nitrogens is 2. The van der Waals surface area contributed by atoms with Crippen molar-refractivity contribution < 1.29 is 4.79 Å². The monoisotopic (exact) mass is 348 g/mol. The molecule has 0 saturated carbocycles. The van der Waals surface area contributed by atoms with Gasteiger partial charge >= 0.3 is 6.03 Å². The molecule has 2 N–H and O–H groups in total. The fourth-order valence-electron chi connectivity index (χ4n) is 2.49. The van der Waals surface area contributed by atoms with Gasteiger partial charge in [-0.3, -0.25) is 4.79 Å². The van der Waals surface area contributed by atoms with Crippen LogP contribution in [-0.2, 0) is 7.05 Å². The lowest BCUT2D eigenvalue weighted by molar-refractivity contribution is 0.262. The lowest BCUT2D eigenvalue weighted by Gasteiger charge is -2.10. The minimum Gasteiger partial charge on any atom is -0.308 e. The molecular formula is C20H20N4O2. The summed E-state index contributed by atoms with van der Waals surface area (Å²) in [6, 6.07) is 15.9. The summed E-state index contributed by atoms with van der Waals surface area (Å²) in [5, 5.41) is 9.83. The summed E-state index contributed by atoms with van der Waals surface area (Å²) >= 11 is 0. The van der Waals surface area contributed by atoms with Crippen LogP contribution in [0.25, 0.3) is 11.3 Å². The van der Waals surface area contributed by atoms with E-state index in [4.69, 9.17) is 0 Å². The molecule has 3 aromatic rings. The lowest BCUT2D eigenvalue weighted by Crippen LogP contribution is -2.19. The maximum atomic E-state index is 12.1. The molecule has 1 aromatic heterocycles. The third-order valence-electron chi connectivity index (χ3n) is 4.16. The van der Waals surface area contributed by atoms with E-state index >= 15 is 0 Å². The van der Waals surface area contributed by atoms with Crippen LogP contribution in [0.3, 0.4) is 0 Å². The standard InChI is InChI=1S/C20H20N4O2/c1-13-4-7-17(12-14(13)2)22-20(26)21-16-8-5-15(6-9-16)18-10-11-19(25)24(3)23-18/h4-12H,1-3H3,(H2,21,22,26). The van der Waals surface area contributed by atoms with Gasteiger partial charge in [0.1, 0.15) is 0 Å². The van der Waals surface area contributed by atoms with Gasteiger partial charge in [0, 0.05) is 30.1 Å². The van der Waals surface area contributed by atoms with Crippen LogP contribution in [0.2, 0.25) is 0 Å². The molecule has 6 nitrogen and oxygen atoms in total. The van der Waals surface area contributed by atoms with E-state index in [1.807, 2.05) is 44.2 Å². The van der Waals surface area contributed by atoms with Crippen molar-refractivity contribution in [2.45, 2.75) is 13.8 Å². The summed E-state index contributed by atoms with van der Waals surface area (Å²) in [5.41, 5.74) is 5.11. The Morgan fingerprint density at radius 3 is 2.19 bits per heavy atom. The van der Waals surface area contributed by atoms with Crippen LogP contribution < -0.4 is 16.2 Å². The number of nitrogens with zero attached hydrogens (tertiary/aromatic N) is 2. The molecule has 2 amide bonds. The Morgan fingerprint density at radius 1 is 0.885 bits per heavy atom. The van der Waals surface area contributed by atoms with Gasteiger partial charge < -0.3 is 10.6 Å². The number of anilines is 2. The summed E-state index contributed by atoms with van der Waals surface area (Å²) in [6.07, 6.45) is 0. The summed E-state index contributed by atoms with van der Waals surface area (Å²) in [6.45, 7) is 4.03. The molecule has 0 saturated heterocycles. The SMILES string of the molecule is Cc1ccc(NC(=O)Nc2ccc(-c3ccc(=O)n(C)n3)cc2)cc1C. The maximum Gasteiger partial charge on any atom is 0.323 e. The van der Waals surface area contributed by atoms with Gasteiger partial charge in [0.05, 0.1) is 5.69 Å². The molecule has 0 fully saturated rings. The van der Waals surface area contributed by atoms with E-state index in [1.54, 1.807) is 25.2 Å². The molecule has 0 spiro atoms. The first-order valence-corrected chi connectivity index (χ1v) is 8.22. The van der Waals surface area contributed by atoms with E-state index in [-0.39, 0.29) is 11.6 Å². The van der Waals surface area contributed by atoms with Crippen LogP contribution >= 0.6 is 0 Å². The Morgan fingerprint density at radius 2 is 1.54 bits per heavy atom. The highest BCUT2D eigenvalue weighted by Gasteiger charge is 2.05. The Bertz CT molecular complexity index is 1010. The van der Waals surface area contributed by atoms with Crippen LogP contribution in [-0.4, -0.2) is 15.8 Å². The zero-order valence-corrected chi connectivity index (χ0v) is 14.9. The molecule has 26 heavy (non-hydrogen) atoms. The number of rotatable bonds is 3. The van der Waals surface area contributed by atoms with Gasteiger partial charge in [-0.25, -0.2) is 9.48 Å². The molecule has 1 heterocycles. The number of hydrogen-bond acceptors (Lipinski definition) is 3. The lowest BCUT2D eigenvalue weighted by atomic mass is 10.1. The minimum absolute atomic E-state index is 0.157. The number of nitrogens with one attached hydrogen (secondary N) is 2. The van der Waals surface area contributed by atoms with Crippen molar-refractivity contribution in [3.8, 4) is 11.3 Å². The molecule has 2 aromatic carbocycles. The largest absolute Gasteiger partial charge is 0.323 e. The molecule has 6 heteroatoms. The van der Waals surface area contributed by atoms with E-state index < -0.39 is 0 Å². The first-order chi connectivity index (χ1) is 12.4. The van der Waals surface area contributed by atoms with Crippen molar-refractivity contribution in [1.82, 2.24) is 9.78 Å². The second-order valence-corrected chi connectivity index (χ2v) is 6.14. The number of amides is 2. The van der Waals surface area contributed by atoms with Crippen molar-refractivity contribution in [3.63, 3.8) is 0 Å². The van der Waals surface area contributed by atoms with Gasteiger partial charge in [-0.15, -0.1) is 0 Å². The van der Waals surface area contributed by atoms with Crippen molar-refractivity contribution in [2.24, 2.45) is 7.05 Å². The number of aryl methyl sites for hydroxylation is 3. The number of benzene rings is 2. The normalized spacial score (nSPS) is 10.4. The van der Waals surface area contributed by atoms with Crippen molar-refractivity contribution >= 4 is 17.4 Å². The Balaban J connectivity index is 1.68. The fraction of sp³-hybridized carbons (Fsp3) is 0.150. The molecule has 0 bridgehead atoms. The third kappa shape index (κ3) is 3.97. The summed E-state index contributed by atoms with van der Waals surface area (Å²) < 4.78 is 1.29. The third-order valence-corrected chi connectivity index (χ3v) is 4.16. The molecule has 3 rings (SSSR count). The first-order valence-electron chi connectivity index (χ1n) is 8.22. The second kappa shape index (κ2) is 7.23. The maximum absolute atomic E-state index is 12.1. The van der Waals surface area contributed by atoms with E-state index in [9.17, 15) is 9.59 Å². The van der Waals surface area contributed by atoms with Gasteiger partial charge in [0.15, 0.2) is 0 Å². The number of carbonyl (C=O) groups excluding carboxylic acids is 1. The molecule has 0 aliphatic rings. The zero-order chi connectivity index (χ0) is 18.7. The molecule has 0 radical (unpaired) electrons. The molecule has 0 aliphatic heterocycles. The average molecular weight is 348 g/mol. The Kier molecular flexibility index (Phi) is 4.84. The predicted octanol–water partition coefficient (Wildman–Crippen LogP) is 3.71. The van der Waals surface area contributed by atoms with Gasteiger partial charge in [0.2, 0.25) is 0 Å². The smallest absolute Gasteiger partial charge is 0.308 e. The van der Waals surface area contributed by atoms with Crippen LogP contribution in [0.15, 0.2) is 59.4 Å². The topological polar surface area (TPSA) is 76.0 Å². The highest BCUT2D eigenvalue weighted by molar-refractivity contribution is 5.99. The van der Waals surface area contributed by atoms with Gasteiger partial charge in [0.25, 0.3) is 5.56 Å². The molecule has 0 atom stereocenters.